The van der Waals surface area contributed by atoms with Crippen LogP contribution in [-0.2, 0) is 0 Å². The molecular weight excluding hydrogens is 348 g/mol. The molecule has 2 heterocycles. The Hall–Kier alpha value is -2.52. The molecule has 1 aromatic carbocycles. The summed E-state index contributed by atoms with van der Waals surface area (Å²) in [6.07, 6.45) is 2.64. The molecule has 1 aliphatic heterocycles. The highest BCUT2D eigenvalue weighted by atomic mass is 19.1. The first-order valence-corrected chi connectivity index (χ1v) is 8.37. The van der Waals surface area contributed by atoms with Gasteiger partial charge in [0, 0.05) is 38.4 Å². The number of rotatable bonds is 3. The molecule has 0 spiro atoms. The molecule has 0 unspecified atom stereocenters. The molecule has 2 N–H and O–H groups in total. The van der Waals surface area contributed by atoms with E-state index < -0.39 is 28.6 Å². The third-order valence-electron chi connectivity index (χ3n) is 4.93. The fourth-order valence-electron chi connectivity index (χ4n) is 3.43. The van der Waals surface area contributed by atoms with Crippen LogP contribution in [0.5, 0.6) is 0 Å². The number of benzene rings is 1. The largest absolute Gasteiger partial charge is 0.477 e. The molecule has 26 heavy (non-hydrogen) atoms. The first-order valence-electron chi connectivity index (χ1n) is 8.37. The Morgan fingerprint density at radius 3 is 2.38 bits per heavy atom. The molecule has 1 aliphatic carbocycles. The van der Waals surface area contributed by atoms with Crippen molar-refractivity contribution in [2.45, 2.75) is 18.9 Å². The summed E-state index contributed by atoms with van der Waals surface area (Å²) >= 11 is 0. The summed E-state index contributed by atoms with van der Waals surface area (Å²) in [5.41, 5.74) is -1.70. The molecule has 7 nitrogen and oxygen atoms in total. The molecule has 0 radical (unpaired) electrons. The molecule has 138 valence electrons. The fourth-order valence-corrected chi connectivity index (χ4v) is 3.43. The van der Waals surface area contributed by atoms with Gasteiger partial charge in [-0.05, 0) is 18.9 Å². The van der Waals surface area contributed by atoms with E-state index in [0.717, 1.165) is 30.2 Å². The summed E-state index contributed by atoms with van der Waals surface area (Å²) in [7, 11) is 0. The van der Waals surface area contributed by atoms with Crippen LogP contribution >= 0.6 is 0 Å². The summed E-state index contributed by atoms with van der Waals surface area (Å²) in [6.45, 7) is 0.946. The Morgan fingerprint density at radius 2 is 1.81 bits per heavy atom. The predicted molar refractivity (Wildman–Crippen MR) is 88.9 cm³/mol. The molecule has 4 rings (SSSR count). The molecule has 0 amide bonds. The molecule has 2 aromatic rings. The zero-order valence-electron chi connectivity index (χ0n) is 13.8. The Labute approximate surface area is 146 Å². The SMILES string of the molecule is O=C(O)c1cn(C2CC2)c2c(F)c(N3CCN(O)CC3)c(F)cc2c1=O. The summed E-state index contributed by atoms with van der Waals surface area (Å²) in [4.78, 5) is 25.2. The number of fused-ring (bicyclic) bond motifs is 1. The van der Waals surface area contributed by atoms with E-state index in [2.05, 4.69) is 0 Å². The van der Waals surface area contributed by atoms with Crippen LogP contribution in [0.2, 0.25) is 0 Å². The van der Waals surface area contributed by atoms with Gasteiger partial charge in [-0.25, -0.2) is 13.6 Å². The van der Waals surface area contributed by atoms with Gasteiger partial charge in [0.15, 0.2) is 5.82 Å². The lowest BCUT2D eigenvalue weighted by Gasteiger charge is -2.33. The van der Waals surface area contributed by atoms with E-state index in [1.54, 1.807) is 0 Å². The monoisotopic (exact) mass is 365 g/mol. The number of carbonyl (C=O) groups is 1. The molecule has 2 fully saturated rings. The molecule has 9 heteroatoms. The van der Waals surface area contributed by atoms with E-state index in [1.165, 1.54) is 9.47 Å². The highest BCUT2D eigenvalue weighted by Crippen LogP contribution is 2.39. The normalized spacial score (nSPS) is 18.5. The van der Waals surface area contributed by atoms with Crippen molar-refractivity contribution in [2.75, 3.05) is 31.1 Å². The van der Waals surface area contributed by atoms with E-state index in [1.807, 2.05) is 0 Å². The number of anilines is 1. The molecular formula is C17H17F2N3O4. The van der Waals surface area contributed by atoms with Gasteiger partial charge in [0.05, 0.1) is 10.9 Å². The predicted octanol–water partition coefficient (Wildman–Crippen LogP) is 1.82. The second-order valence-corrected chi connectivity index (χ2v) is 6.67. The van der Waals surface area contributed by atoms with Crippen LogP contribution in [0.15, 0.2) is 17.1 Å². The maximum Gasteiger partial charge on any atom is 0.341 e. The number of piperazine rings is 1. The lowest BCUT2D eigenvalue weighted by atomic mass is 10.1. The van der Waals surface area contributed by atoms with Crippen molar-refractivity contribution < 1.29 is 23.9 Å². The topological polar surface area (TPSA) is 86.0 Å². The molecule has 1 aromatic heterocycles. The number of carboxylic acids is 1. The van der Waals surface area contributed by atoms with Gasteiger partial charge in [-0.3, -0.25) is 4.79 Å². The smallest absolute Gasteiger partial charge is 0.341 e. The van der Waals surface area contributed by atoms with E-state index in [9.17, 15) is 24.3 Å². The van der Waals surface area contributed by atoms with Gasteiger partial charge in [-0.15, -0.1) is 0 Å². The number of pyridine rings is 1. The number of halogens is 2. The summed E-state index contributed by atoms with van der Waals surface area (Å²) in [5, 5.41) is 19.5. The number of aromatic carboxylic acids is 1. The summed E-state index contributed by atoms with van der Waals surface area (Å²) in [5.74, 6) is -3.20. The number of hydrogen-bond donors (Lipinski definition) is 2. The Bertz CT molecular complexity index is 963. The highest BCUT2D eigenvalue weighted by Gasteiger charge is 2.31. The molecule has 2 aliphatic rings. The molecule has 1 saturated heterocycles. The van der Waals surface area contributed by atoms with E-state index in [-0.39, 0.29) is 48.8 Å². The lowest BCUT2D eigenvalue weighted by Crippen LogP contribution is -2.45. The minimum absolute atomic E-state index is 0.0645. The standard InChI is InChI=1S/C17H17F2N3O4/c18-12-7-10-14(13(19)15(12)20-3-5-21(26)6-4-20)22(9-1-2-9)8-11(16(10)23)17(24)25/h7-9,26H,1-6H2,(H,24,25). The van der Waals surface area contributed by atoms with Crippen molar-refractivity contribution in [1.29, 1.82) is 0 Å². The third kappa shape index (κ3) is 2.63. The van der Waals surface area contributed by atoms with Gasteiger partial charge < -0.3 is 19.8 Å². The van der Waals surface area contributed by atoms with Gasteiger partial charge in [-0.2, -0.15) is 5.06 Å². The highest BCUT2D eigenvalue weighted by molar-refractivity contribution is 5.94. The maximum atomic E-state index is 15.3. The quantitative estimate of drug-likeness (QED) is 0.863. The van der Waals surface area contributed by atoms with Crippen LogP contribution in [-0.4, -0.2) is 52.1 Å². The first-order chi connectivity index (χ1) is 12.4. The van der Waals surface area contributed by atoms with Crippen molar-refractivity contribution in [1.82, 2.24) is 9.63 Å². The van der Waals surface area contributed by atoms with Crippen LogP contribution in [0, 0.1) is 11.6 Å². The van der Waals surface area contributed by atoms with E-state index >= 15 is 4.39 Å². The van der Waals surface area contributed by atoms with Crippen LogP contribution in [0.1, 0.15) is 29.2 Å². The molecule has 0 atom stereocenters. The lowest BCUT2D eigenvalue weighted by molar-refractivity contribution is -0.0936. The Morgan fingerprint density at radius 1 is 1.15 bits per heavy atom. The Kier molecular flexibility index (Phi) is 3.92. The van der Waals surface area contributed by atoms with Crippen LogP contribution in [0.4, 0.5) is 14.5 Å². The van der Waals surface area contributed by atoms with Crippen molar-refractivity contribution >= 4 is 22.6 Å². The number of hydrogen-bond acceptors (Lipinski definition) is 5. The summed E-state index contributed by atoms with van der Waals surface area (Å²) in [6, 6.07) is 0.825. The average Bonchev–Trinajstić information content (AvgIpc) is 3.42. The number of aromatic nitrogens is 1. The van der Waals surface area contributed by atoms with Crippen molar-refractivity contribution in [3.8, 4) is 0 Å². The number of nitrogens with zero attached hydrogens (tertiary/aromatic N) is 3. The minimum Gasteiger partial charge on any atom is -0.477 e. The molecule has 1 saturated carbocycles. The molecule has 0 bridgehead atoms. The fraction of sp³-hybridized carbons (Fsp3) is 0.412. The maximum absolute atomic E-state index is 15.3. The van der Waals surface area contributed by atoms with Crippen molar-refractivity contribution in [3.63, 3.8) is 0 Å². The van der Waals surface area contributed by atoms with Crippen molar-refractivity contribution in [3.05, 3.63) is 39.7 Å². The van der Waals surface area contributed by atoms with Crippen LogP contribution in [0.3, 0.4) is 0 Å². The number of hydroxylamine groups is 2. The zero-order valence-corrected chi connectivity index (χ0v) is 13.8. The van der Waals surface area contributed by atoms with Gasteiger partial charge in [0.1, 0.15) is 17.1 Å². The third-order valence-corrected chi connectivity index (χ3v) is 4.93. The van der Waals surface area contributed by atoms with Crippen molar-refractivity contribution in [2.24, 2.45) is 0 Å². The minimum atomic E-state index is -1.42. The van der Waals surface area contributed by atoms with E-state index in [4.69, 9.17) is 0 Å². The van der Waals surface area contributed by atoms with Crippen LogP contribution < -0.4 is 10.3 Å². The van der Waals surface area contributed by atoms with E-state index in [0.29, 0.717) is 0 Å². The first kappa shape index (κ1) is 16.9. The second-order valence-electron chi connectivity index (χ2n) is 6.67. The van der Waals surface area contributed by atoms with Gasteiger partial charge in [0.25, 0.3) is 0 Å². The zero-order chi connectivity index (χ0) is 18.6. The summed E-state index contributed by atoms with van der Waals surface area (Å²) < 4.78 is 31.4. The second kappa shape index (κ2) is 6.03. The van der Waals surface area contributed by atoms with Gasteiger partial charge in [0.2, 0.25) is 5.43 Å². The Balaban J connectivity index is 1.97. The number of carboxylic acid groups (broad SMARTS) is 1. The van der Waals surface area contributed by atoms with Crippen LogP contribution in [0.25, 0.3) is 10.9 Å². The van der Waals surface area contributed by atoms with Gasteiger partial charge in [-0.1, -0.05) is 0 Å². The van der Waals surface area contributed by atoms with Gasteiger partial charge >= 0.3 is 5.97 Å². The average molecular weight is 365 g/mol.